The predicted molar refractivity (Wildman–Crippen MR) is 217 cm³/mol. The predicted octanol–water partition coefficient (Wildman–Crippen LogP) is 12.2. The largest absolute Gasteiger partial charge is 0.475 e. The Kier molecular flexibility index (Phi) is 16.9. The number of carbonyl (C=O) groups excluding carboxylic acids is 3. The summed E-state index contributed by atoms with van der Waals surface area (Å²) in [4.78, 5) is 38.2. The number of cyclic esters (lactones) is 2. The number of ketones is 1. The SMILES string of the molecule is CCCCCCCCCCCCCCOP(=O)(OCCC=C(c1cc(Cl)c2c(c1)C(=O)OC(C)(C)O2)c1cc(Cl)c2c(c1)C(=O)OC(C)(C)O2)OC(C)C(C)=O. The Balaban J connectivity index is 1.49. The molecule has 0 amide bonds. The first-order valence-corrected chi connectivity index (χ1v) is 22.0. The van der Waals surface area contributed by atoms with E-state index in [4.69, 9.17) is 55.7 Å². The Labute approximate surface area is 341 Å². The van der Waals surface area contributed by atoms with E-state index in [1.165, 1.54) is 65.2 Å². The van der Waals surface area contributed by atoms with Crippen LogP contribution in [0.3, 0.4) is 0 Å². The van der Waals surface area contributed by atoms with E-state index >= 15 is 0 Å². The van der Waals surface area contributed by atoms with Crippen molar-refractivity contribution in [2.24, 2.45) is 0 Å². The summed E-state index contributed by atoms with van der Waals surface area (Å²) in [6.45, 7) is 11.5. The Morgan fingerprint density at radius 2 is 1.14 bits per heavy atom. The summed E-state index contributed by atoms with van der Waals surface area (Å²) in [5, 5.41) is 0.306. The summed E-state index contributed by atoms with van der Waals surface area (Å²) in [5.41, 5.74) is 1.62. The van der Waals surface area contributed by atoms with Crippen molar-refractivity contribution in [2.75, 3.05) is 13.2 Å². The molecule has 0 N–H and O–H groups in total. The first kappa shape index (κ1) is 45.8. The molecule has 2 heterocycles. The van der Waals surface area contributed by atoms with Gasteiger partial charge < -0.3 is 18.9 Å². The average Bonchev–Trinajstić information content (AvgIpc) is 3.10. The average molecular weight is 840 g/mol. The van der Waals surface area contributed by atoms with E-state index in [-0.39, 0.29) is 58.1 Å². The molecule has 310 valence electrons. The van der Waals surface area contributed by atoms with Crippen molar-refractivity contribution in [3.05, 3.63) is 62.6 Å². The van der Waals surface area contributed by atoms with Gasteiger partial charge in [-0.05, 0) is 67.7 Å². The molecule has 2 aromatic carbocycles. The first-order chi connectivity index (χ1) is 26.4. The number of fused-ring (bicyclic) bond motifs is 2. The van der Waals surface area contributed by atoms with E-state index in [2.05, 4.69) is 6.92 Å². The fourth-order valence-electron chi connectivity index (χ4n) is 6.35. The number of carbonyl (C=O) groups is 3. The minimum atomic E-state index is -4.15. The molecule has 2 unspecified atom stereocenters. The van der Waals surface area contributed by atoms with Crippen LogP contribution in [-0.4, -0.2) is 48.6 Å². The molecule has 0 aliphatic carbocycles. The summed E-state index contributed by atoms with van der Waals surface area (Å²) >= 11 is 13.4. The number of unbranched alkanes of at least 4 members (excludes halogenated alkanes) is 11. The maximum atomic E-state index is 13.8. The number of phosphoric ester groups is 1. The van der Waals surface area contributed by atoms with Crippen LogP contribution in [0.4, 0.5) is 0 Å². The third-order valence-electron chi connectivity index (χ3n) is 9.34. The number of Topliss-reactive ketones (excluding diaryl/α,β-unsaturated/α-hetero) is 1. The van der Waals surface area contributed by atoms with Crippen molar-refractivity contribution in [1.29, 1.82) is 0 Å². The number of phosphoric acid groups is 1. The number of ether oxygens (including phenoxy) is 4. The molecular weight excluding hydrogens is 782 g/mol. The lowest BCUT2D eigenvalue weighted by Crippen LogP contribution is -2.39. The minimum absolute atomic E-state index is 0.102. The number of rotatable bonds is 23. The minimum Gasteiger partial charge on any atom is -0.450 e. The maximum Gasteiger partial charge on any atom is 0.475 e. The molecule has 4 rings (SSSR count). The first-order valence-electron chi connectivity index (χ1n) is 19.7. The van der Waals surface area contributed by atoms with Crippen molar-refractivity contribution in [1.82, 2.24) is 0 Å². The molecule has 2 aliphatic heterocycles. The lowest BCUT2D eigenvalue weighted by molar-refractivity contribution is -0.128. The second-order valence-electron chi connectivity index (χ2n) is 15.2. The summed E-state index contributed by atoms with van der Waals surface area (Å²) in [6, 6.07) is 6.37. The van der Waals surface area contributed by atoms with Gasteiger partial charge in [-0.3, -0.25) is 18.4 Å². The van der Waals surface area contributed by atoms with Gasteiger partial charge in [-0.25, -0.2) is 14.2 Å². The molecule has 0 spiro atoms. The van der Waals surface area contributed by atoms with Crippen LogP contribution >= 0.6 is 31.0 Å². The van der Waals surface area contributed by atoms with Gasteiger partial charge in [0.1, 0.15) is 17.2 Å². The molecule has 2 atom stereocenters. The summed E-state index contributed by atoms with van der Waals surface area (Å²) in [7, 11) is -4.15. The van der Waals surface area contributed by atoms with Gasteiger partial charge in [0.05, 0.1) is 23.3 Å². The molecule has 0 saturated heterocycles. The number of esters is 2. The molecule has 0 bridgehead atoms. The molecular formula is C42H57Cl2O11P. The molecule has 2 aromatic rings. The third-order valence-corrected chi connectivity index (χ3v) is 11.5. The normalized spacial score (nSPS) is 16.9. The van der Waals surface area contributed by atoms with E-state index in [0.29, 0.717) is 23.1 Å². The van der Waals surface area contributed by atoms with Gasteiger partial charge in [-0.1, -0.05) is 107 Å². The van der Waals surface area contributed by atoms with Gasteiger partial charge in [0, 0.05) is 27.7 Å². The fourth-order valence-corrected chi connectivity index (χ4v) is 8.28. The van der Waals surface area contributed by atoms with Gasteiger partial charge >= 0.3 is 19.8 Å². The van der Waals surface area contributed by atoms with E-state index in [1.54, 1.807) is 58.0 Å². The van der Waals surface area contributed by atoms with Gasteiger partial charge in [-0.15, -0.1) is 0 Å². The van der Waals surface area contributed by atoms with E-state index < -0.39 is 37.4 Å². The number of halogens is 2. The van der Waals surface area contributed by atoms with Crippen LogP contribution in [0, 0.1) is 0 Å². The van der Waals surface area contributed by atoms with Crippen LogP contribution in [0.5, 0.6) is 11.5 Å². The second kappa shape index (κ2) is 20.7. The van der Waals surface area contributed by atoms with Gasteiger partial charge in [0.15, 0.2) is 17.3 Å². The van der Waals surface area contributed by atoms with Crippen molar-refractivity contribution in [2.45, 2.75) is 150 Å². The topological polar surface area (TPSA) is 133 Å². The monoisotopic (exact) mass is 838 g/mol. The van der Waals surface area contributed by atoms with Crippen LogP contribution in [0.2, 0.25) is 10.0 Å². The fraction of sp³-hybridized carbons (Fsp3) is 0.595. The zero-order valence-electron chi connectivity index (χ0n) is 33.8. The summed E-state index contributed by atoms with van der Waals surface area (Å²) in [5.74, 6) is -3.70. The highest BCUT2D eigenvalue weighted by atomic mass is 35.5. The quantitative estimate of drug-likeness (QED) is 0.0601. The highest BCUT2D eigenvalue weighted by Gasteiger charge is 2.38. The summed E-state index contributed by atoms with van der Waals surface area (Å²) < 4.78 is 53.5. The van der Waals surface area contributed by atoms with Crippen molar-refractivity contribution in [3.63, 3.8) is 0 Å². The van der Waals surface area contributed by atoms with E-state index in [1.807, 2.05) is 0 Å². The number of benzene rings is 2. The highest BCUT2D eigenvalue weighted by Crippen LogP contribution is 2.51. The molecule has 0 aromatic heterocycles. The van der Waals surface area contributed by atoms with Crippen LogP contribution < -0.4 is 9.47 Å². The van der Waals surface area contributed by atoms with Gasteiger partial charge in [0.2, 0.25) is 11.6 Å². The molecule has 14 heteroatoms. The lowest BCUT2D eigenvalue weighted by atomic mass is 9.93. The Morgan fingerprint density at radius 1 is 0.714 bits per heavy atom. The summed E-state index contributed by atoms with van der Waals surface area (Å²) in [6.07, 6.45) is 14.9. The lowest BCUT2D eigenvalue weighted by Gasteiger charge is -2.33. The Bertz CT molecular complexity index is 1700. The van der Waals surface area contributed by atoms with Crippen LogP contribution in [0.15, 0.2) is 30.3 Å². The van der Waals surface area contributed by atoms with Crippen LogP contribution in [0.1, 0.15) is 164 Å². The Hall–Kier alpha value is -2.92. The molecule has 2 aliphatic rings. The Morgan fingerprint density at radius 3 is 1.59 bits per heavy atom. The van der Waals surface area contributed by atoms with Crippen LogP contribution in [0.25, 0.3) is 5.57 Å². The maximum absolute atomic E-state index is 13.8. The second-order valence-corrected chi connectivity index (χ2v) is 17.7. The van der Waals surface area contributed by atoms with Crippen LogP contribution in [-0.2, 0) is 32.4 Å². The van der Waals surface area contributed by atoms with E-state index in [0.717, 1.165) is 19.3 Å². The highest BCUT2D eigenvalue weighted by molar-refractivity contribution is 7.48. The molecule has 56 heavy (non-hydrogen) atoms. The molecule has 0 saturated carbocycles. The van der Waals surface area contributed by atoms with E-state index in [9.17, 15) is 18.9 Å². The smallest absolute Gasteiger partial charge is 0.450 e. The van der Waals surface area contributed by atoms with Crippen molar-refractivity contribution >= 4 is 54.3 Å². The zero-order valence-corrected chi connectivity index (χ0v) is 36.2. The molecule has 0 fully saturated rings. The van der Waals surface area contributed by atoms with Gasteiger partial charge in [-0.2, -0.15) is 0 Å². The van der Waals surface area contributed by atoms with Gasteiger partial charge in [0.25, 0.3) is 0 Å². The third kappa shape index (κ3) is 13.3. The number of hydrogen-bond acceptors (Lipinski definition) is 11. The standard InChI is InChI=1S/C42H57Cl2O11P/c1-8-9-10-11-12-13-14-15-16-17-18-19-22-49-56(48,55-29(3)28(2)45)50-23-20-21-32(30-24-33-37(35(43)26-30)51-41(4,5)53-39(33)46)31-25-34-38(36(44)27-31)52-42(6,7)54-40(34)47/h21,24-27,29H,8-20,22-23H2,1-7H3. The number of hydrogen-bond donors (Lipinski definition) is 0. The van der Waals surface area contributed by atoms with Crippen molar-refractivity contribution < 1.29 is 51.5 Å². The molecule has 11 nitrogen and oxygen atoms in total. The zero-order chi connectivity index (χ0) is 41.1. The van der Waals surface area contributed by atoms with Crippen molar-refractivity contribution in [3.8, 4) is 11.5 Å². The molecule has 0 radical (unpaired) electrons.